The lowest BCUT2D eigenvalue weighted by molar-refractivity contribution is 0.0716. The van der Waals surface area contributed by atoms with E-state index in [1.807, 2.05) is 43.9 Å². The molecular weight excluding hydrogens is 206 g/mol. The second kappa shape index (κ2) is 5.21. The highest BCUT2D eigenvalue weighted by Gasteiger charge is 2.16. The van der Waals surface area contributed by atoms with Gasteiger partial charge in [0.1, 0.15) is 0 Å². The van der Waals surface area contributed by atoms with Crippen LogP contribution in [-0.4, -0.2) is 23.4 Å². The van der Waals surface area contributed by atoms with Crippen LogP contribution in [0.15, 0.2) is 29.2 Å². The molecule has 0 fully saturated rings. The van der Waals surface area contributed by atoms with E-state index >= 15 is 0 Å². The first-order valence-electron chi connectivity index (χ1n) is 5.16. The average Bonchev–Trinajstić information content (AvgIpc) is 2.18. The third-order valence-corrected chi connectivity index (χ3v) is 2.60. The average molecular weight is 223 g/mol. The number of carbonyl (C=O) groups is 1. The first-order chi connectivity index (χ1) is 7.06. The summed E-state index contributed by atoms with van der Waals surface area (Å²) in [5.41, 5.74) is 0.707. The molecular formula is C12H17NOS. The Morgan fingerprint density at radius 3 is 2.60 bits per heavy atom. The fraction of sp³-hybridized carbons (Fsp3) is 0.417. The van der Waals surface area contributed by atoms with Gasteiger partial charge in [-0.25, -0.2) is 0 Å². The van der Waals surface area contributed by atoms with Gasteiger partial charge in [0.15, 0.2) is 0 Å². The zero-order valence-electron chi connectivity index (χ0n) is 9.40. The van der Waals surface area contributed by atoms with Crippen molar-refractivity contribution in [3.05, 3.63) is 29.8 Å². The molecule has 0 aliphatic heterocycles. The fourth-order valence-corrected chi connectivity index (χ4v) is 1.77. The molecule has 3 heteroatoms. The Kier molecular flexibility index (Phi) is 4.21. The Hall–Kier alpha value is -0.960. The molecule has 0 N–H and O–H groups in total. The topological polar surface area (TPSA) is 20.3 Å². The summed E-state index contributed by atoms with van der Waals surface area (Å²) in [4.78, 5) is 14.7. The molecule has 0 bridgehead atoms. The number of hydrogen-bond acceptors (Lipinski definition) is 2. The number of rotatable bonds is 3. The molecule has 82 valence electrons. The Morgan fingerprint density at radius 1 is 1.47 bits per heavy atom. The maximum absolute atomic E-state index is 12.1. The Balaban J connectivity index is 2.93. The van der Waals surface area contributed by atoms with Gasteiger partial charge in [0.2, 0.25) is 0 Å². The molecule has 1 amide bonds. The number of carbonyl (C=O) groups excluding carboxylic acids is 1. The van der Waals surface area contributed by atoms with Crippen LogP contribution >= 0.6 is 12.6 Å². The van der Waals surface area contributed by atoms with Gasteiger partial charge in [-0.1, -0.05) is 6.07 Å². The molecule has 1 aromatic carbocycles. The highest BCUT2D eigenvalue weighted by molar-refractivity contribution is 7.80. The minimum atomic E-state index is 0.0726. The van der Waals surface area contributed by atoms with E-state index in [4.69, 9.17) is 0 Å². The summed E-state index contributed by atoms with van der Waals surface area (Å²) in [6.07, 6.45) is 0. The van der Waals surface area contributed by atoms with Crippen molar-refractivity contribution in [2.24, 2.45) is 0 Å². The molecule has 0 saturated heterocycles. The van der Waals surface area contributed by atoms with Gasteiger partial charge >= 0.3 is 0 Å². The van der Waals surface area contributed by atoms with Crippen molar-refractivity contribution >= 4 is 18.5 Å². The van der Waals surface area contributed by atoms with E-state index in [-0.39, 0.29) is 11.9 Å². The Labute approximate surface area is 96.7 Å². The van der Waals surface area contributed by atoms with Crippen LogP contribution in [0, 0.1) is 0 Å². The second-order valence-corrected chi connectivity index (χ2v) is 4.25. The van der Waals surface area contributed by atoms with Crippen LogP contribution in [0.2, 0.25) is 0 Å². The van der Waals surface area contributed by atoms with Gasteiger partial charge in [-0.15, -0.1) is 12.6 Å². The van der Waals surface area contributed by atoms with Crippen molar-refractivity contribution in [1.82, 2.24) is 4.90 Å². The summed E-state index contributed by atoms with van der Waals surface area (Å²) in [5, 5.41) is 0. The van der Waals surface area contributed by atoms with Gasteiger partial charge in [-0.2, -0.15) is 0 Å². The highest BCUT2D eigenvalue weighted by atomic mass is 32.1. The van der Waals surface area contributed by atoms with Gasteiger partial charge in [0.25, 0.3) is 5.91 Å². The number of benzene rings is 1. The molecule has 0 heterocycles. The van der Waals surface area contributed by atoms with Crippen molar-refractivity contribution in [3.63, 3.8) is 0 Å². The zero-order chi connectivity index (χ0) is 11.4. The number of nitrogens with zero attached hydrogens (tertiary/aromatic N) is 1. The van der Waals surface area contributed by atoms with E-state index in [0.29, 0.717) is 5.56 Å². The summed E-state index contributed by atoms with van der Waals surface area (Å²) in [6, 6.07) is 7.57. The van der Waals surface area contributed by atoms with Crippen molar-refractivity contribution in [2.45, 2.75) is 31.7 Å². The molecule has 0 aliphatic rings. The lowest BCUT2D eigenvalue weighted by atomic mass is 10.1. The van der Waals surface area contributed by atoms with Crippen LogP contribution in [-0.2, 0) is 0 Å². The predicted octanol–water partition coefficient (Wildman–Crippen LogP) is 2.85. The molecule has 15 heavy (non-hydrogen) atoms. The number of thiol groups is 1. The van der Waals surface area contributed by atoms with Gasteiger partial charge in [-0.3, -0.25) is 4.79 Å². The largest absolute Gasteiger partial charge is 0.337 e. The quantitative estimate of drug-likeness (QED) is 0.781. The normalized spacial score (nSPS) is 10.5. The molecule has 1 rings (SSSR count). The van der Waals surface area contributed by atoms with Crippen molar-refractivity contribution in [2.75, 3.05) is 6.54 Å². The summed E-state index contributed by atoms with van der Waals surface area (Å²) >= 11 is 4.23. The van der Waals surface area contributed by atoms with Gasteiger partial charge in [0.05, 0.1) is 0 Å². The van der Waals surface area contributed by atoms with Crippen LogP contribution in [0.25, 0.3) is 0 Å². The van der Waals surface area contributed by atoms with Crippen molar-refractivity contribution < 1.29 is 4.79 Å². The van der Waals surface area contributed by atoms with E-state index in [1.54, 1.807) is 6.07 Å². The monoisotopic (exact) mass is 223 g/mol. The van der Waals surface area contributed by atoms with Crippen LogP contribution in [0.1, 0.15) is 31.1 Å². The maximum Gasteiger partial charge on any atom is 0.254 e. The Bertz CT molecular complexity index is 349. The first-order valence-corrected chi connectivity index (χ1v) is 5.61. The van der Waals surface area contributed by atoms with Gasteiger partial charge < -0.3 is 4.90 Å². The minimum Gasteiger partial charge on any atom is -0.337 e. The number of hydrogen-bond donors (Lipinski definition) is 1. The Morgan fingerprint density at radius 2 is 2.13 bits per heavy atom. The third kappa shape index (κ3) is 2.99. The van der Waals surface area contributed by atoms with Crippen LogP contribution in [0.3, 0.4) is 0 Å². The van der Waals surface area contributed by atoms with Crippen LogP contribution in [0.4, 0.5) is 0 Å². The maximum atomic E-state index is 12.1. The lowest BCUT2D eigenvalue weighted by Crippen LogP contribution is -2.36. The molecule has 0 aromatic heterocycles. The smallest absolute Gasteiger partial charge is 0.254 e. The number of amides is 1. The predicted molar refractivity (Wildman–Crippen MR) is 65.5 cm³/mol. The molecule has 0 atom stereocenters. The molecule has 2 nitrogen and oxygen atoms in total. The van der Waals surface area contributed by atoms with Crippen LogP contribution in [0.5, 0.6) is 0 Å². The molecule has 0 unspecified atom stereocenters. The SMILES string of the molecule is CCN(C(=O)c1cccc(S)c1)C(C)C. The first kappa shape index (κ1) is 12.1. The highest BCUT2D eigenvalue weighted by Crippen LogP contribution is 2.12. The zero-order valence-corrected chi connectivity index (χ0v) is 10.3. The van der Waals surface area contributed by atoms with Crippen LogP contribution < -0.4 is 0 Å². The van der Waals surface area contributed by atoms with E-state index < -0.39 is 0 Å². The molecule has 1 aromatic rings. The van der Waals surface area contributed by atoms with E-state index in [2.05, 4.69) is 12.6 Å². The van der Waals surface area contributed by atoms with E-state index in [1.165, 1.54) is 0 Å². The summed E-state index contributed by atoms with van der Waals surface area (Å²) < 4.78 is 0. The van der Waals surface area contributed by atoms with Crippen molar-refractivity contribution in [1.29, 1.82) is 0 Å². The fourth-order valence-electron chi connectivity index (χ4n) is 1.55. The molecule has 0 saturated carbocycles. The van der Waals surface area contributed by atoms with E-state index in [0.717, 1.165) is 11.4 Å². The van der Waals surface area contributed by atoms with Crippen molar-refractivity contribution in [3.8, 4) is 0 Å². The standard InChI is InChI=1S/C12H17NOS/c1-4-13(9(2)3)12(14)10-6-5-7-11(15)8-10/h5-9,15H,4H2,1-3H3. The minimum absolute atomic E-state index is 0.0726. The summed E-state index contributed by atoms with van der Waals surface area (Å²) in [5.74, 6) is 0.0726. The molecule has 0 aliphatic carbocycles. The van der Waals surface area contributed by atoms with Gasteiger partial charge in [0, 0.05) is 23.0 Å². The second-order valence-electron chi connectivity index (χ2n) is 3.74. The molecule has 0 spiro atoms. The lowest BCUT2D eigenvalue weighted by Gasteiger charge is -2.25. The van der Waals surface area contributed by atoms with E-state index in [9.17, 15) is 4.79 Å². The molecule has 0 radical (unpaired) electrons. The summed E-state index contributed by atoms with van der Waals surface area (Å²) in [6.45, 7) is 6.76. The summed E-state index contributed by atoms with van der Waals surface area (Å²) in [7, 11) is 0. The third-order valence-electron chi connectivity index (χ3n) is 2.32. The van der Waals surface area contributed by atoms with Gasteiger partial charge in [-0.05, 0) is 39.0 Å².